The standard InChI is InChI=1S/C15H17N5O2/c16-14-12(20(21)22)9-17-15(19-14)18-13(11-7-4-8-11)10-5-2-1-3-6-10/h1-3,5-6,9,11,13H,4,7-8H2,(H3,16,17,18,19). The van der Waals surface area contributed by atoms with E-state index in [0.717, 1.165) is 24.6 Å². The molecule has 22 heavy (non-hydrogen) atoms. The second kappa shape index (κ2) is 5.97. The minimum Gasteiger partial charge on any atom is -0.378 e. The number of hydrogen-bond donors (Lipinski definition) is 2. The lowest BCUT2D eigenvalue weighted by molar-refractivity contribution is -0.384. The number of aromatic nitrogens is 2. The first-order valence-corrected chi connectivity index (χ1v) is 7.23. The van der Waals surface area contributed by atoms with Gasteiger partial charge in [0, 0.05) is 0 Å². The van der Waals surface area contributed by atoms with Gasteiger partial charge in [-0.25, -0.2) is 4.98 Å². The van der Waals surface area contributed by atoms with Crippen LogP contribution in [0.3, 0.4) is 0 Å². The predicted octanol–water partition coefficient (Wildman–Crippen LogP) is 2.92. The molecule has 0 bridgehead atoms. The average molecular weight is 299 g/mol. The number of benzene rings is 1. The van der Waals surface area contributed by atoms with E-state index >= 15 is 0 Å². The maximum absolute atomic E-state index is 10.8. The first-order valence-electron chi connectivity index (χ1n) is 7.23. The zero-order chi connectivity index (χ0) is 15.5. The molecule has 3 rings (SSSR count). The minimum absolute atomic E-state index is 0.0933. The van der Waals surface area contributed by atoms with E-state index in [0.29, 0.717) is 11.9 Å². The maximum Gasteiger partial charge on any atom is 0.329 e. The number of anilines is 2. The van der Waals surface area contributed by atoms with E-state index in [2.05, 4.69) is 27.4 Å². The molecule has 1 aromatic carbocycles. The van der Waals surface area contributed by atoms with E-state index in [1.807, 2.05) is 18.2 Å². The highest BCUT2D eigenvalue weighted by Gasteiger charge is 2.29. The first-order chi connectivity index (χ1) is 10.6. The Hall–Kier alpha value is -2.70. The fourth-order valence-corrected chi connectivity index (χ4v) is 2.64. The molecule has 1 atom stereocenters. The Balaban J connectivity index is 1.84. The van der Waals surface area contributed by atoms with Crippen molar-refractivity contribution in [3.63, 3.8) is 0 Å². The summed E-state index contributed by atoms with van der Waals surface area (Å²) in [5, 5.41) is 14.0. The molecule has 1 heterocycles. The summed E-state index contributed by atoms with van der Waals surface area (Å²) in [6, 6.07) is 10.2. The molecule has 1 fully saturated rings. The van der Waals surface area contributed by atoms with E-state index < -0.39 is 4.92 Å². The molecular weight excluding hydrogens is 282 g/mol. The van der Waals surface area contributed by atoms with Crippen LogP contribution in [0.5, 0.6) is 0 Å². The molecule has 7 heteroatoms. The number of nitrogens with zero attached hydrogens (tertiary/aromatic N) is 3. The Morgan fingerprint density at radius 2 is 2.05 bits per heavy atom. The van der Waals surface area contributed by atoms with Crippen LogP contribution < -0.4 is 11.1 Å². The van der Waals surface area contributed by atoms with Crippen LogP contribution in [0.2, 0.25) is 0 Å². The molecule has 1 saturated carbocycles. The van der Waals surface area contributed by atoms with Crippen molar-refractivity contribution in [3.8, 4) is 0 Å². The molecule has 0 radical (unpaired) electrons. The van der Waals surface area contributed by atoms with E-state index in [-0.39, 0.29) is 17.5 Å². The highest BCUT2D eigenvalue weighted by Crippen LogP contribution is 2.39. The van der Waals surface area contributed by atoms with Gasteiger partial charge in [0.2, 0.25) is 11.8 Å². The number of nitrogens with two attached hydrogens (primary N) is 1. The van der Waals surface area contributed by atoms with Gasteiger partial charge >= 0.3 is 5.69 Å². The van der Waals surface area contributed by atoms with Gasteiger partial charge in [-0.15, -0.1) is 0 Å². The molecule has 3 N–H and O–H groups in total. The van der Waals surface area contributed by atoms with Gasteiger partial charge in [0.1, 0.15) is 6.20 Å². The SMILES string of the molecule is Nc1nc(NC(c2ccccc2)C2CCC2)ncc1[N+](=O)[O-]. The monoisotopic (exact) mass is 299 g/mol. The molecule has 0 aliphatic heterocycles. The molecule has 0 spiro atoms. The molecule has 1 unspecified atom stereocenters. The van der Waals surface area contributed by atoms with Crippen LogP contribution in [0, 0.1) is 16.0 Å². The van der Waals surface area contributed by atoms with Crippen molar-refractivity contribution >= 4 is 17.5 Å². The summed E-state index contributed by atoms with van der Waals surface area (Å²) in [6.07, 6.45) is 4.66. The van der Waals surface area contributed by atoms with Gasteiger partial charge in [-0.05, 0) is 24.3 Å². The van der Waals surface area contributed by atoms with Crippen molar-refractivity contribution in [1.29, 1.82) is 0 Å². The number of nitro groups is 1. The van der Waals surface area contributed by atoms with Crippen molar-refractivity contribution in [1.82, 2.24) is 9.97 Å². The highest BCUT2D eigenvalue weighted by molar-refractivity contribution is 5.53. The smallest absolute Gasteiger partial charge is 0.329 e. The summed E-state index contributed by atoms with van der Waals surface area (Å²) in [7, 11) is 0. The Bertz CT molecular complexity index is 673. The fourth-order valence-electron chi connectivity index (χ4n) is 2.64. The van der Waals surface area contributed by atoms with Gasteiger partial charge < -0.3 is 11.1 Å². The van der Waals surface area contributed by atoms with Gasteiger partial charge in [0.25, 0.3) is 0 Å². The molecule has 0 amide bonds. The average Bonchev–Trinajstić information content (AvgIpc) is 2.45. The topological polar surface area (TPSA) is 107 Å². The Labute approximate surface area is 127 Å². The quantitative estimate of drug-likeness (QED) is 0.649. The van der Waals surface area contributed by atoms with Crippen LogP contribution in [0.1, 0.15) is 30.9 Å². The summed E-state index contributed by atoms with van der Waals surface area (Å²) < 4.78 is 0. The van der Waals surface area contributed by atoms with E-state index in [9.17, 15) is 10.1 Å². The van der Waals surface area contributed by atoms with Crippen LogP contribution >= 0.6 is 0 Å². The van der Waals surface area contributed by atoms with Crippen LogP contribution in [-0.4, -0.2) is 14.9 Å². The summed E-state index contributed by atoms with van der Waals surface area (Å²) >= 11 is 0. The molecule has 114 valence electrons. The van der Waals surface area contributed by atoms with Gasteiger partial charge in [-0.2, -0.15) is 4.98 Å². The Morgan fingerprint density at radius 3 is 2.59 bits per heavy atom. The largest absolute Gasteiger partial charge is 0.378 e. The number of hydrogen-bond acceptors (Lipinski definition) is 6. The van der Waals surface area contributed by atoms with E-state index in [1.165, 1.54) is 6.42 Å². The predicted molar refractivity (Wildman–Crippen MR) is 83.2 cm³/mol. The summed E-state index contributed by atoms with van der Waals surface area (Å²) in [4.78, 5) is 18.2. The summed E-state index contributed by atoms with van der Waals surface area (Å²) in [5.41, 5.74) is 6.51. The van der Waals surface area contributed by atoms with E-state index in [1.54, 1.807) is 0 Å². The third-order valence-corrected chi connectivity index (χ3v) is 4.06. The normalized spacial score (nSPS) is 15.8. The van der Waals surface area contributed by atoms with Crippen molar-refractivity contribution in [2.24, 2.45) is 5.92 Å². The Morgan fingerprint density at radius 1 is 1.32 bits per heavy atom. The van der Waals surface area contributed by atoms with Gasteiger partial charge in [-0.3, -0.25) is 10.1 Å². The lowest BCUT2D eigenvalue weighted by Gasteiger charge is -2.34. The van der Waals surface area contributed by atoms with Crippen LogP contribution in [0.15, 0.2) is 36.5 Å². The van der Waals surface area contributed by atoms with Crippen LogP contribution in [-0.2, 0) is 0 Å². The van der Waals surface area contributed by atoms with Gasteiger partial charge in [0.05, 0.1) is 11.0 Å². The zero-order valence-corrected chi connectivity index (χ0v) is 12.0. The molecule has 2 aromatic rings. The van der Waals surface area contributed by atoms with Gasteiger partial charge in [0.15, 0.2) is 0 Å². The minimum atomic E-state index is -0.584. The molecular formula is C15H17N5O2. The third kappa shape index (κ3) is 2.83. The molecule has 1 aromatic heterocycles. The number of rotatable bonds is 5. The molecule has 1 aliphatic rings. The second-order valence-electron chi connectivity index (χ2n) is 5.44. The van der Waals surface area contributed by atoms with Crippen molar-refractivity contribution < 1.29 is 4.92 Å². The first kappa shape index (κ1) is 14.2. The lowest BCUT2D eigenvalue weighted by Crippen LogP contribution is -2.27. The maximum atomic E-state index is 10.8. The molecule has 7 nitrogen and oxygen atoms in total. The van der Waals surface area contributed by atoms with Gasteiger partial charge in [-0.1, -0.05) is 36.8 Å². The third-order valence-electron chi connectivity index (χ3n) is 4.06. The molecule has 1 aliphatic carbocycles. The fraction of sp³-hybridized carbons (Fsp3) is 0.333. The lowest BCUT2D eigenvalue weighted by atomic mass is 9.77. The van der Waals surface area contributed by atoms with Crippen molar-refractivity contribution in [2.75, 3.05) is 11.1 Å². The molecule has 0 saturated heterocycles. The summed E-state index contributed by atoms with van der Waals surface area (Å²) in [6.45, 7) is 0. The zero-order valence-electron chi connectivity index (χ0n) is 12.0. The second-order valence-corrected chi connectivity index (χ2v) is 5.44. The summed E-state index contributed by atoms with van der Waals surface area (Å²) in [5.74, 6) is 0.717. The van der Waals surface area contributed by atoms with Crippen LogP contribution in [0.25, 0.3) is 0 Å². The van der Waals surface area contributed by atoms with Crippen LogP contribution in [0.4, 0.5) is 17.5 Å². The van der Waals surface area contributed by atoms with E-state index in [4.69, 9.17) is 5.73 Å². The highest BCUT2D eigenvalue weighted by atomic mass is 16.6. The Kier molecular flexibility index (Phi) is 3.86. The van der Waals surface area contributed by atoms with Crippen molar-refractivity contribution in [3.05, 3.63) is 52.2 Å². The number of nitrogens with one attached hydrogen (secondary N) is 1. The van der Waals surface area contributed by atoms with Crippen molar-refractivity contribution in [2.45, 2.75) is 25.3 Å². The number of nitrogen functional groups attached to an aromatic ring is 1.